The van der Waals surface area contributed by atoms with E-state index >= 15 is 0 Å². The average Bonchev–Trinajstić information content (AvgIpc) is 3.39. The van der Waals surface area contributed by atoms with Gasteiger partial charge in [-0.05, 0) is 67.6 Å². The Morgan fingerprint density at radius 3 is 2.22 bits per heavy atom. The van der Waals surface area contributed by atoms with Crippen LogP contribution in [0.25, 0.3) is 49.3 Å². The first-order valence-electron chi connectivity index (χ1n) is 12.7. The van der Waals surface area contributed by atoms with Crippen molar-refractivity contribution < 1.29 is 0 Å². The predicted octanol–water partition coefficient (Wildman–Crippen LogP) is 6.78. The Morgan fingerprint density at radius 2 is 1.31 bits per heavy atom. The number of fused-ring (bicyclic) bond motifs is 8. The van der Waals surface area contributed by atoms with Gasteiger partial charge in [-0.3, -0.25) is 0 Å². The van der Waals surface area contributed by atoms with Crippen LogP contribution in [0.3, 0.4) is 0 Å². The van der Waals surface area contributed by atoms with Crippen LogP contribution in [0.5, 0.6) is 0 Å². The lowest BCUT2D eigenvalue weighted by molar-refractivity contribution is 1.17. The van der Waals surface area contributed by atoms with Gasteiger partial charge in [0.05, 0.1) is 11.0 Å². The monoisotopic (exact) mass is 460 g/mol. The van der Waals surface area contributed by atoms with Gasteiger partial charge in [-0.1, -0.05) is 77.9 Å². The molecule has 0 N–H and O–H groups in total. The second-order valence-electron chi connectivity index (χ2n) is 10.4. The molecule has 1 aliphatic rings. The van der Waals surface area contributed by atoms with E-state index in [0.717, 1.165) is 0 Å². The Kier molecular flexibility index (Phi) is 3.85. The molecule has 2 nitrogen and oxygen atoms in total. The van der Waals surface area contributed by atoms with Crippen LogP contribution in [0.4, 0.5) is 0 Å². The van der Waals surface area contributed by atoms with Crippen molar-refractivity contribution in [2.45, 2.75) is 20.8 Å². The van der Waals surface area contributed by atoms with E-state index in [2.05, 4.69) is 127 Å². The molecule has 5 aromatic carbocycles. The van der Waals surface area contributed by atoms with Crippen LogP contribution in [0, 0.1) is 20.8 Å². The van der Waals surface area contributed by atoms with Gasteiger partial charge in [0, 0.05) is 38.3 Å². The molecule has 0 fully saturated rings. The molecule has 1 aliphatic heterocycles. The fraction of sp³-hybridized carbons (Fsp3) is 0.0909. The number of nitrogens with zero attached hydrogens (tertiary/aromatic N) is 2. The first-order valence-corrected chi connectivity index (χ1v) is 12.7. The van der Waals surface area contributed by atoms with Crippen LogP contribution in [0.1, 0.15) is 16.7 Å². The summed E-state index contributed by atoms with van der Waals surface area (Å²) in [6.45, 7) is 6.77. The van der Waals surface area contributed by atoms with Gasteiger partial charge in [-0.15, -0.1) is 0 Å². The molecule has 0 spiro atoms. The number of para-hydroxylation sites is 3. The van der Waals surface area contributed by atoms with Crippen molar-refractivity contribution in [3.05, 3.63) is 114 Å². The van der Waals surface area contributed by atoms with E-state index < -0.39 is 0 Å². The summed E-state index contributed by atoms with van der Waals surface area (Å²) < 4.78 is 5.12. The molecule has 0 amide bonds. The molecule has 170 valence electrons. The van der Waals surface area contributed by atoms with Crippen LogP contribution >= 0.6 is 0 Å². The first kappa shape index (κ1) is 20.0. The van der Waals surface area contributed by atoms with Gasteiger partial charge < -0.3 is 9.05 Å². The van der Waals surface area contributed by atoms with Crippen molar-refractivity contribution in [3.8, 4) is 5.69 Å². The van der Waals surface area contributed by atoms with Gasteiger partial charge in [0.1, 0.15) is 0 Å². The zero-order chi connectivity index (χ0) is 24.1. The Morgan fingerprint density at radius 1 is 0.528 bits per heavy atom. The van der Waals surface area contributed by atoms with E-state index in [1.165, 1.54) is 76.9 Å². The van der Waals surface area contributed by atoms with E-state index in [1.54, 1.807) is 0 Å². The summed E-state index contributed by atoms with van der Waals surface area (Å²) in [5, 5.41) is 5.33. The van der Waals surface area contributed by atoms with E-state index in [1.807, 2.05) is 0 Å². The molecule has 8 rings (SSSR count). The maximum atomic E-state index is 2.61. The van der Waals surface area contributed by atoms with Crippen molar-refractivity contribution >= 4 is 61.4 Å². The standard InChI is InChI=1S/C33H25BN2/c1-20-15-16-29-25(17-20)26-18-21(2)19-28-33(26)35(29)31-14-7-5-12-27(31)34(28)36-30-13-6-4-10-23(30)24-11-8-9-22(3)32(24)36/h4-19H,1-3H3. The third kappa shape index (κ3) is 2.43. The number of rotatable bonds is 1. The Labute approximate surface area is 210 Å². The number of aryl methyl sites for hydroxylation is 3. The molecule has 0 radical (unpaired) electrons. The summed E-state index contributed by atoms with van der Waals surface area (Å²) in [5.74, 6) is 0. The van der Waals surface area contributed by atoms with E-state index in [9.17, 15) is 0 Å². The van der Waals surface area contributed by atoms with Crippen LogP contribution in [-0.4, -0.2) is 15.9 Å². The third-order valence-corrected chi connectivity index (χ3v) is 8.15. The van der Waals surface area contributed by atoms with Gasteiger partial charge in [0.25, 0.3) is 0 Å². The number of hydrogen-bond acceptors (Lipinski definition) is 0. The van der Waals surface area contributed by atoms with Crippen LogP contribution in [0.15, 0.2) is 97.1 Å². The molecule has 0 unspecified atom stereocenters. The van der Waals surface area contributed by atoms with Gasteiger partial charge in [-0.25, -0.2) is 0 Å². The van der Waals surface area contributed by atoms with E-state index in [4.69, 9.17) is 0 Å². The van der Waals surface area contributed by atoms with Crippen LogP contribution in [-0.2, 0) is 0 Å². The normalized spacial score (nSPS) is 12.8. The van der Waals surface area contributed by atoms with Crippen LogP contribution < -0.4 is 10.9 Å². The molecule has 0 aliphatic carbocycles. The molecule has 7 aromatic rings. The lowest BCUT2D eigenvalue weighted by Gasteiger charge is -2.29. The maximum absolute atomic E-state index is 2.61. The molecule has 0 atom stereocenters. The molecule has 2 aromatic heterocycles. The van der Waals surface area contributed by atoms with Crippen molar-refractivity contribution in [2.75, 3.05) is 0 Å². The quantitative estimate of drug-likeness (QED) is 0.239. The molecule has 3 heterocycles. The van der Waals surface area contributed by atoms with Gasteiger partial charge in [-0.2, -0.15) is 0 Å². The zero-order valence-corrected chi connectivity index (χ0v) is 20.7. The first-order chi connectivity index (χ1) is 17.6. The van der Waals surface area contributed by atoms with Gasteiger partial charge in [0.15, 0.2) is 0 Å². The van der Waals surface area contributed by atoms with Gasteiger partial charge >= 0.3 is 6.85 Å². The van der Waals surface area contributed by atoms with Crippen molar-refractivity contribution in [3.63, 3.8) is 0 Å². The highest BCUT2D eigenvalue weighted by atomic mass is 15.0. The third-order valence-electron chi connectivity index (χ3n) is 8.15. The Hall–Kier alpha value is -4.24. The summed E-state index contributed by atoms with van der Waals surface area (Å²) in [7, 11) is 0. The van der Waals surface area contributed by atoms with Crippen LogP contribution in [0.2, 0.25) is 0 Å². The van der Waals surface area contributed by atoms with Crippen molar-refractivity contribution in [2.24, 2.45) is 0 Å². The Bertz CT molecular complexity index is 2040. The summed E-state index contributed by atoms with van der Waals surface area (Å²) >= 11 is 0. The van der Waals surface area contributed by atoms with Gasteiger partial charge in [0.2, 0.25) is 0 Å². The molecule has 0 saturated carbocycles. The summed E-state index contributed by atoms with van der Waals surface area (Å²) in [6.07, 6.45) is 0. The molecular weight excluding hydrogens is 435 g/mol. The van der Waals surface area contributed by atoms with Crippen molar-refractivity contribution in [1.29, 1.82) is 0 Å². The lowest BCUT2D eigenvalue weighted by atomic mass is 9.48. The highest BCUT2D eigenvalue weighted by molar-refractivity contribution is 6.88. The minimum atomic E-state index is 0.0880. The second kappa shape index (κ2) is 6.92. The Balaban J connectivity index is 1.63. The maximum Gasteiger partial charge on any atom is 0.332 e. The highest BCUT2D eigenvalue weighted by Crippen LogP contribution is 2.37. The lowest BCUT2D eigenvalue weighted by Crippen LogP contribution is -2.53. The number of benzene rings is 5. The molecule has 3 heteroatoms. The minimum Gasteiger partial charge on any atom is -0.376 e. The van der Waals surface area contributed by atoms with E-state index in [-0.39, 0.29) is 6.85 Å². The number of aromatic nitrogens is 2. The molecule has 0 bridgehead atoms. The highest BCUT2D eigenvalue weighted by Gasteiger charge is 2.36. The second-order valence-corrected chi connectivity index (χ2v) is 10.4. The fourth-order valence-corrected chi connectivity index (χ4v) is 6.77. The number of hydrogen-bond donors (Lipinski definition) is 0. The molecule has 0 saturated heterocycles. The summed E-state index contributed by atoms with van der Waals surface area (Å²) in [6, 6.07) is 36.3. The molecule has 36 heavy (non-hydrogen) atoms. The average molecular weight is 460 g/mol. The van der Waals surface area contributed by atoms with E-state index in [0.29, 0.717) is 0 Å². The topological polar surface area (TPSA) is 9.86 Å². The smallest absolute Gasteiger partial charge is 0.332 e. The predicted molar refractivity (Wildman–Crippen MR) is 155 cm³/mol. The fourth-order valence-electron chi connectivity index (χ4n) is 6.77. The molecular formula is C33H25BN2. The SMILES string of the molecule is Cc1ccc2c(c1)c1cc(C)cc3c1n2-c1ccccc1B3n1c2ccccc2c2cccc(C)c21. The van der Waals surface area contributed by atoms with Crippen molar-refractivity contribution in [1.82, 2.24) is 9.05 Å². The minimum absolute atomic E-state index is 0.0880. The largest absolute Gasteiger partial charge is 0.376 e. The summed E-state index contributed by atoms with van der Waals surface area (Å²) in [4.78, 5) is 0. The summed E-state index contributed by atoms with van der Waals surface area (Å²) in [5.41, 5.74) is 13.2. The zero-order valence-electron chi connectivity index (χ0n) is 20.7.